The van der Waals surface area contributed by atoms with Crippen LogP contribution < -0.4 is 0 Å². The summed E-state index contributed by atoms with van der Waals surface area (Å²) in [5, 5.41) is 0. The fourth-order valence-electron chi connectivity index (χ4n) is 3.50. The molecule has 1 aromatic heterocycles. The number of ether oxygens (including phenoxy) is 1. The van der Waals surface area contributed by atoms with Gasteiger partial charge in [-0.05, 0) is 51.3 Å². The molecule has 0 bridgehead atoms. The van der Waals surface area contributed by atoms with Crippen LogP contribution in [0.4, 0.5) is 4.79 Å². The van der Waals surface area contributed by atoms with Crippen LogP contribution in [0.25, 0.3) is 0 Å². The van der Waals surface area contributed by atoms with Gasteiger partial charge in [0, 0.05) is 25.6 Å². The van der Waals surface area contributed by atoms with Crippen molar-refractivity contribution in [3.05, 3.63) is 60.1 Å². The molecule has 0 unspecified atom stereocenters. The van der Waals surface area contributed by atoms with Crippen molar-refractivity contribution in [2.24, 2.45) is 5.92 Å². The lowest BCUT2D eigenvalue weighted by atomic mass is 9.95. The minimum Gasteiger partial charge on any atom is -0.467 e. The lowest BCUT2D eigenvalue weighted by Gasteiger charge is -2.35. The van der Waals surface area contributed by atoms with Gasteiger partial charge in [0.05, 0.1) is 12.8 Å². The highest BCUT2D eigenvalue weighted by molar-refractivity contribution is 5.79. The smallest absolute Gasteiger partial charge is 0.410 e. The lowest BCUT2D eigenvalue weighted by molar-refractivity contribution is -0.138. The molecule has 1 aliphatic heterocycles. The first kappa shape index (κ1) is 21.0. The largest absolute Gasteiger partial charge is 0.467 e. The van der Waals surface area contributed by atoms with E-state index in [1.165, 1.54) is 0 Å². The number of carbonyl (C=O) groups excluding carboxylic acids is 2. The zero-order valence-electron chi connectivity index (χ0n) is 17.5. The number of nitrogens with zero attached hydrogens (tertiary/aromatic N) is 2. The van der Waals surface area contributed by atoms with E-state index in [0.717, 1.165) is 11.3 Å². The van der Waals surface area contributed by atoms with Crippen LogP contribution in [-0.2, 0) is 22.6 Å². The monoisotopic (exact) mass is 398 g/mol. The first-order valence-corrected chi connectivity index (χ1v) is 10.1. The second-order valence-electron chi connectivity index (χ2n) is 8.50. The molecule has 0 N–H and O–H groups in total. The standard InChI is InChI=1S/C23H30N2O4/c1-23(2,3)29-22(27)24-13-11-19(12-14-24)21(26)25(17-20-10-7-15-28-20)16-18-8-5-4-6-9-18/h4-10,15,19H,11-14,16-17H2,1-3H3. The van der Waals surface area contributed by atoms with Gasteiger partial charge in [0.15, 0.2) is 0 Å². The van der Waals surface area contributed by atoms with Crippen LogP contribution in [0.5, 0.6) is 0 Å². The Hall–Kier alpha value is -2.76. The fraction of sp³-hybridized carbons (Fsp3) is 0.478. The van der Waals surface area contributed by atoms with Gasteiger partial charge in [0.1, 0.15) is 11.4 Å². The summed E-state index contributed by atoms with van der Waals surface area (Å²) in [7, 11) is 0. The van der Waals surface area contributed by atoms with Gasteiger partial charge in [-0.15, -0.1) is 0 Å². The van der Waals surface area contributed by atoms with Crippen molar-refractivity contribution < 1.29 is 18.7 Å². The van der Waals surface area contributed by atoms with Crippen LogP contribution in [-0.4, -0.2) is 40.5 Å². The van der Waals surface area contributed by atoms with E-state index < -0.39 is 5.60 Å². The molecule has 0 spiro atoms. The van der Waals surface area contributed by atoms with Crippen LogP contribution >= 0.6 is 0 Å². The van der Waals surface area contributed by atoms with Crippen LogP contribution in [0, 0.1) is 5.92 Å². The van der Waals surface area contributed by atoms with Gasteiger partial charge < -0.3 is 19.0 Å². The molecule has 2 aromatic rings. The predicted molar refractivity (Wildman–Crippen MR) is 110 cm³/mol. The molecule has 0 atom stereocenters. The second kappa shape index (κ2) is 9.16. The van der Waals surface area contributed by atoms with Gasteiger partial charge in [-0.1, -0.05) is 30.3 Å². The number of furan rings is 1. The van der Waals surface area contributed by atoms with Crippen molar-refractivity contribution in [1.82, 2.24) is 9.80 Å². The van der Waals surface area contributed by atoms with E-state index >= 15 is 0 Å². The van der Waals surface area contributed by atoms with E-state index in [1.54, 1.807) is 11.2 Å². The summed E-state index contributed by atoms with van der Waals surface area (Å²) < 4.78 is 10.9. The van der Waals surface area contributed by atoms with E-state index in [-0.39, 0.29) is 17.9 Å². The highest BCUT2D eigenvalue weighted by Gasteiger charge is 2.32. The van der Waals surface area contributed by atoms with E-state index in [2.05, 4.69) is 0 Å². The molecule has 0 saturated carbocycles. The number of amides is 2. The van der Waals surface area contributed by atoms with E-state index in [9.17, 15) is 9.59 Å². The number of hydrogen-bond donors (Lipinski definition) is 0. The van der Waals surface area contributed by atoms with Crippen molar-refractivity contribution in [3.63, 3.8) is 0 Å². The van der Waals surface area contributed by atoms with Crippen LogP contribution in [0.2, 0.25) is 0 Å². The Kier molecular flexibility index (Phi) is 6.62. The van der Waals surface area contributed by atoms with Gasteiger partial charge >= 0.3 is 6.09 Å². The van der Waals surface area contributed by atoms with E-state index in [4.69, 9.17) is 9.15 Å². The Labute approximate surface area is 172 Å². The normalized spacial score (nSPS) is 15.2. The molecule has 1 fully saturated rings. The molecule has 0 radical (unpaired) electrons. The molecule has 29 heavy (non-hydrogen) atoms. The molecule has 156 valence electrons. The number of likely N-dealkylation sites (tertiary alicyclic amines) is 1. The number of carbonyl (C=O) groups is 2. The summed E-state index contributed by atoms with van der Waals surface area (Å²) in [5.74, 6) is 0.766. The summed E-state index contributed by atoms with van der Waals surface area (Å²) in [6.07, 6.45) is 2.60. The number of benzene rings is 1. The zero-order chi connectivity index (χ0) is 20.9. The Morgan fingerprint density at radius 2 is 1.76 bits per heavy atom. The third-order valence-electron chi connectivity index (χ3n) is 4.95. The molecular weight excluding hydrogens is 368 g/mol. The molecule has 2 heterocycles. The van der Waals surface area contributed by atoms with Crippen molar-refractivity contribution >= 4 is 12.0 Å². The molecule has 3 rings (SSSR count). The van der Waals surface area contributed by atoms with Gasteiger partial charge in [-0.3, -0.25) is 4.79 Å². The van der Waals surface area contributed by atoms with Crippen LogP contribution in [0.3, 0.4) is 0 Å². The molecule has 1 aromatic carbocycles. The van der Waals surface area contributed by atoms with E-state index in [0.29, 0.717) is 39.0 Å². The number of rotatable bonds is 5. The lowest BCUT2D eigenvalue weighted by Crippen LogP contribution is -2.45. The maximum absolute atomic E-state index is 13.3. The fourth-order valence-corrected chi connectivity index (χ4v) is 3.50. The Morgan fingerprint density at radius 1 is 1.07 bits per heavy atom. The van der Waals surface area contributed by atoms with E-state index in [1.807, 2.05) is 68.1 Å². The predicted octanol–water partition coefficient (Wildman–Crippen LogP) is 4.46. The van der Waals surface area contributed by atoms with Crippen LogP contribution in [0.1, 0.15) is 44.9 Å². The molecule has 0 aliphatic carbocycles. The van der Waals surface area contributed by atoms with Gasteiger partial charge in [0.2, 0.25) is 5.91 Å². The molecule has 6 nitrogen and oxygen atoms in total. The number of hydrogen-bond acceptors (Lipinski definition) is 4. The van der Waals surface area contributed by atoms with Gasteiger partial charge in [-0.2, -0.15) is 0 Å². The average molecular weight is 399 g/mol. The average Bonchev–Trinajstić information content (AvgIpc) is 3.20. The molecule has 6 heteroatoms. The summed E-state index contributed by atoms with van der Waals surface area (Å²) in [4.78, 5) is 29.1. The third-order valence-corrected chi connectivity index (χ3v) is 4.95. The first-order chi connectivity index (χ1) is 13.8. The summed E-state index contributed by atoms with van der Waals surface area (Å²) in [6, 6.07) is 13.7. The second-order valence-corrected chi connectivity index (χ2v) is 8.50. The molecular formula is C23H30N2O4. The molecule has 2 amide bonds. The molecule has 1 aliphatic rings. The highest BCUT2D eigenvalue weighted by Crippen LogP contribution is 2.23. The Bertz CT molecular complexity index is 788. The zero-order valence-corrected chi connectivity index (χ0v) is 17.5. The van der Waals surface area contributed by atoms with Crippen molar-refractivity contribution in [2.45, 2.75) is 52.3 Å². The summed E-state index contributed by atoms with van der Waals surface area (Å²) in [5.41, 5.74) is 0.567. The topological polar surface area (TPSA) is 63.0 Å². The summed E-state index contributed by atoms with van der Waals surface area (Å²) in [6.45, 7) is 7.61. The Morgan fingerprint density at radius 3 is 2.34 bits per heavy atom. The maximum Gasteiger partial charge on any atom is 0.410 e. The number of piperidine rings is 1. The van der Waals surface area contributed by atoms with Crippen molar-refractivity contribution in [1.29, 1.82) is 0 Å². The minimum absolute atomic E-state index is 0.104. The maximum atomic E-state index is 13.3. The quantitative estimate of drug-likeness (QED) is 0.746. The van der Waals surface area contributed by atoms with Gasteiger partial charge in [0.25, 0.3) is 0 Å². The molecule has 1 saturated heterocycles. The third kappa shape index (κ3) is 6.11. The van der Waals surface area contributed by atoms with Crippen molar-refractivity contribution in [2.75, 3.05) is 13.1 Å². The summed E-state index contributed by atoms with van der Waals surface area (Å²) >= 11 is 0. The van der Waals surface area contributed by atoms with Crippen LogP contribution in [0.15, 0.2) is 53.1 Å². The van der Waals surface area contributed by atoms with Gasteiger partial charge in [-0.25, -0.2) is 4.79 Å². The van der Waals surface area contributed by atoms with Crippen molar-refractivity contribution in [3.8, 4) is 0 Å². The SMILES string of the molecule is CC(C)(C)OC(=O)N1CCC(C(=O)N(Cc2ccccc2)Cc2ccco2)CC1. The first-order valence-electron chi connectivity index (χ1n) is 10.1. The highest BCUT2D eigenvalue weighted by atomic mass is 16.6. The minimum atomic E-state index is -0.515. The Balaban J connectivity index is 1.63.